The molecule has 3 rings (SSSR count). The molecular formula is C20H26ClIN4O2. The van der Waals surface area contributed by atoms with E-state index in [1.54, 1.807) is 14.2 Å². The molecule has 2 aromatic rings. The van der Waals surface area contributed by atoms with E-state index in [1.165, 1.54) is 5.69 Å². The minimum atomic E-state index is 0. The molecule has 0 amide bonds. The van der Waals surface area contributed by atoms with E-state index in [-0.39, 0.29) is 24.0 Å². The Morgan fingerprint density at radius 2 is 1.64 bits per heavy atom. The second-order valence-electron chi connectivity index (χ2n) is 6.31. The van der Waals surface area contributed by atoms with Crippen LogP contribution in [0, 0.1) is 0 Å². The van der Waals surface area contributed by atoms with Crippen LogP contribution in [0.5, 0.6) is 11.5 Å². The molecule has 0 aliphatic carbocycles. The minimum Gasteiger partial charge on any atom is -0.493 e. The second kappa shape index (κ2) is 10.6. The predicted octanol–water partition coefficient (Wildman–Crippen LogP) is 3.61. The fraction of sp³-hybridized carbons (Fsp3) is 0.350. The standard InChI is InChI=1S/C20H25ClN4O2.HI/c1-26-18-8-3-15(13-19(18)27-2)14-23-20(22)25-11-9-24(10-12-25)17-6-4-16(21)5-7-17;/h3-8,13H,9-12,14H2,1-2H3,(H2,22,23);1H. The van der Waals surface area contributed by atoms with Crippen LogP contribution in [0.4, 0.5) is 5.69 Å². The number of anilines is 1. The lowest BCUT2D eigenvalue weighted by atomic mass is 10.2. The van der Waals surface area contributed by atoms with E-state index in [0.717, 1.165) is 36.8 Å². The van der Waals surface area contributed by atoms with Crippen LogP contribution in [0.25, 0.3) is 0 Å². The summed E-state index contributed by atoms with van der Waals surface area (Å²) in [6.45, 7) is 3.97. The molecule has 0 aromatic heterocycles. The zero-order valence-electron chi connectivity index (χ0n) is 16.1. The number of piperazine rings is 1. The molecule has 1 heterocycles. The van der Waals surface area contributed by atoms with Crippen LogP contribution in [-0.2, 0) is 6.54 Å². The van der Waals surface area contributed by atoms with E-state index < -0.39 is 0 Å². The van der Waals surface area contributed by atoms with Gasteiger partial charge in [0.15, 0.2) is 17.5 Å². The molecule has 0 bridgehead atoms. The molecule has 1 fully saturated rings. The molecule has 2 N–H and O–H groups in total. The van der Waals surface area contributed by atoms with Gasteiger partial charge in [0.25, 0.3) is 0 Å². The highest BCUT2D eigenvalue weighted by Gasteiger charge is 2.18. The van der Waals surface area contributed by atoms with Crippen LogP contribution >= 0.6 is 35.6 Å². The quantitative estimate of drug-likeness (QED) is 0.374. The molecule has 0 saturated carbocycles. The molecular weight excluding hydrogens is 491 g/mol. The van der Waals surface area contributed by atoms with Crippen molar-refractivity contribution in [1.82, 2.24) is 4.90 Å². The van der Waals surface area contributed by atoms with E-state index in [0.29, 0.717) is 24.0 Å². The summed E-state index contributed by atoms with van der Waals surface area (Å²) in [6, 6.07) is 13.7. The Kier molecular flexibility index (Phi) is 8.50. The molecule has 0 spiro atoms. The van der Waals surface area contributed by atoms with Gasteiger partial charge in [-0.05, 0) is 42.0 Å². The predicted molar refractivity (Wildman–Crippen MR) is 126 cm³/mol. The fourth-order valence-corrected chi connectivity index (χ4v) is 3.22. The lowest BCUT2D eigenvalue weighted by Gasteiger charge is -2.36. The Hall–Kier alpha value is -1.87. The Labute approximate surface area is 188 Å². The molecule has 28 heavy (non-hydrogen) atoms. The maximum Gasteiger partial charge on any atom is 0.191 e. The lowest BCUT2D eigenvalue weighted by Crippen LogP contribution is -2.51. The number of nitrogens with zero attached hydrogens (tertiary/aromatic N) is 3. The highest BCUT2D eigenvalue weighted by atomic mass is 127. The van der Waals surface area contributed by atoms with Crippen molar-refractivity contribution < 1.29 is 9.47 Å². The summed E-state index contributed by atoms with van der Waals surface area (Å²) in [6.07, 6.45) is 0. The van der Waals surface area contributed by atoms with Crippen molar-refractivity contribution in [2.45, 2.75) is 6.54 Å². The summed E-state index contributed by atoms with van der Waals surface area (Å²) in [7, 11) is 3.25. The molecule has 0 unspecified atom stereocenters. The van der Waals surface area contributed by atoms with E-state index >= 15 is 0 Å². The number of nitrogens with two attached hydrogens (primary N) is 1. The van der Waals surface area contributed by atoms with E-state index in [1.807, 2.05) is 42.5 Å². The third-order valence-corrected chi connectivity index (χ3v) is 4.92. The summed E-state index contributed by atoms with van der Waals surface area (Å²) >= 11 is 5.96. The molecule has 8 heteroatoms. The van der Waals surface area contributed by atoms with Gasteiger partial charge in [0.2, 0.25) is 0 Å². The number of hydrogen-bond acceptors (Lipinski definition) is 4. The van der Waals surface area contributed by atoms with Crippen molar-refractivity contribution in [3.8, 4) is 11.5 Å². The highest BCUT2D eigenvalue weighted by molar-refractivity contribution is 14.0. The monoisotopic (exact) mass is 516 g/mol. The van der Waals surface area contributed by atoms with Crippen LogP contribution in [-0.4, -0.2) is 51.3 Å². The van der Waals surface area contributed by atoms with Crippen LogP contribution in [0.2, 0.25) is 5.02 Å². The van der Waals surface area contributed by atoms with Gasteiger partial charge in [0, 0.05) is 36.9 Å². The molecule has 152 valence electrons. The zero-order valence-corrected chi connectivity index (χ0v) is 19.2. The van der Waals surface area contributed by atoms with Gasteiger partial charge in [0.1, 0.15) is 0 Å². The normalized spacial score (nSPS) is 14.5. The van der Waals surface area contributed by atoms with Gasteiger partial charge in [-0.1, -0.05) is 17.7 Å². The number of benzene rings is 2. The van der Waals surface area contributed by atoms with Crippen molar-refractivity contribution in [3.05, 3.63) is 53.1 Å². The molecule has 1 aliphatic rings. The second-order valence-corrected chi connectivity index (χ2v) is 6.75. The van der Waals surface area contributed by atoms with Gasteiger partial charge in [-0.15, -0.1) is 24.0 Å². The summed E-state index contributed by atoms with van der Waals surface area (Å²) in [5.41, 5.74) is 8.41. The molecule has 0 atom stereocenters. The number of halogens is 2. The summed E-state index contributed by atoms with van der Waals surface area (Å²) in [5.74, 6) is 1.97. The first-order valence-electron chi connectivity index (χ1n) is 8.87. The van der Waals surface area contributed by atoms with Gasteiger partial charge in [-0.2, -0.15) is 0 Å². The average Bonchev–Trinajstić information content (AvgIpc) is 2.72. The molecule has 6 nitrogen and oxygen atoms in total. The van der Waals surface area contributed by atoms with E-state index in [2.05, 4.69) is 14.8 Å². The molecule has 2 aromatic carbocycles. The van der Waals surface area contributed by atoms with Gasteiger partial charge in [-0.3, -0.25) is 0 Å². The maximum absolute atomic E-state index is 6.21. The van der Waals surface area contributed by atoms with Crippen molar-refractivity contribution >= 4 is 47.2 Å². The van der Waals surface area contributed by atoms with E-state index in [4.69, 9.17) is 26.8 Å². The van der Waals surface area contributed by atoms with Gasteiger partial charge in [-0.25, -0.2) is 4.99 Å². The number of rotatable bonds is 5. The number of guanidine groups is 1. The Balaban J connectivity index is 0.00000280. The summed E-state index contributed by atoms with van der Waals surface area (Å²) < 4.78 is 10.6. The smallest absolute Gasteiger partial charge is 0.191 e. The highest BCUT2D eigenvalue weighted by Crippen LogP contribution is 2.27. The first-order chi connectivity index (χ1) is 13.1. The minimum absolute atomic E-state index is 0. The SMILES string of the molecule is COc1ccc(CN=C(N)N2CCN(c3ccc(Cl)cc3)CC2)cc1OC.I. The van der Waals surface area contributed by atoms with Crippen LogP contribution < -0.4 is 20.1 Å². The maximum atomic E-state index is 6.21. The van der Waals surface area contributed by atoms with E-state index in [9.17, 15) is 0 Å². The van der Waals surface area contributed by atoms with Gasteiger partial charge in [0.05, 0.1) is 20.8 Å². The summed E-state index contributed by atoms with van der Waals surface area (Å²) in [4.78, 5) is 8.99. The van der Waals surface area contributed by atoms with Crippen molar-refractivity contribution in [3.63, 3.8) is 0 Å². The Morgan fingerprint density at radius 1 is 1.00 bits per heavy atom. The average molecular weight is 517 g/mol. The van der Waals surface area contributed by atoms with Crippen LogP contribution in [0.1, 0.15) is 5.56 Å². The van der Waals surface area contributed by atoms with Gasteiger partial charge >= 0.3 is 0 Å². The number of hydrogen-bond donors (Lipinski definition) is 1. The summed E-state index contributed by atoms with van der Waals surface area (Å²) in [5, 5.41) is 0.754. The molecule has 1 aliphatic heterocycles. The van der Waals surface area contributed by atoms with Crippen LogP contribution in [0.3, 0.4) is 0 Å². The molecule has 0 radical (unpaired) electrons. The van der Waals surface area contributed by atoms with Gasteiger partial charge < -0.3 is 25.0 Å². The fourth-order valence-electron chi connectivity index (χ4n) is 3.10. The third kappa shape index (κ3) is 5.57. The lowest BCUT2D eigenvalue weighted by molar-refractivity contribution is 0.354. The zero-order chi connectivity index (χ0) is 19.2. The van der Waals surface area contributed by atoms with Crippen molar-refractivity contribution in [2.24, 2.45) is 10.7 Å². The third-order valence-electron chi connectivity index (χ3n) is 4.67. The topological polar surface area (TPSA) is 63.3 Å². The molecule has 1 saturated heterocycles. The Morgan fingerprint density at radius 3 is 2.25 bits per heavy atom. The first kappa shape index (κ1) is 22.4. The number of aliphatic imine (C=N–C) groups is 1. The number of ether oxygens (including phenoxy) is 2. The first-order valence-corrected chi connectivity index (χ1v) is 9.25. The van der Waals surface area contributed by atoms with Crippen LogP contribution in [0.15, 0.2) is 47.5 Å². The largest absolute Gasteiger partial charge is 0.493 e. The van der Waals surface area contributed by atoms with Crippen molar-refractivity contribution in [1.29, 1.82) is 0 Å². The van der Waals surface area contributed by atoms with Crippen molar-refractivity contribution in [2.75, 3.05) is 45.3 Å². The Bertz CT molecular complexity index is 793. The number of methoxy groups -OCH3 is 2.